The molecule has 22 heavy (non-hydrogen) atoms. The molecule has 2 aromatic heterocycles. The zero-order valence-electron chi connectivity index (χ0n) is 12.7. The van der Waals surface area contributed by atoms with Gasteiger partial charge in [0.1, 0.15) is 5.82 Å². The molecule has 0 saturated heterocycles. The van der Waals surface area contributed by atoms with Gasteiger partial charge in [0.25, 0.3) is 5.91 Å². The van der Waals surface area contributed by atoms with Crippen LogP contribution in [0, 0.1) is 13.8 Å². The zero-order valence-corrected chi connectivity index (χ0v) is 12.7. The van der Waals surface area contributed by atoms with Crippen LogP contribution in [0.2, 0.25) is 0 Å². The molecule has 2 heterocycles. The van der Waals surface area contributed by atoms with E-state index in [1.807, 2.05) is 25.1 Å². The first kappa shape index (κ1) is 14.3. The van der Waals surface area contributed by atoms with Crippen molar-refractivity contribution >= 4 is 16.9 Å². The Labute approximate surface area is 128 Å². The number of nitrogens with zero attached hydrogens (tertiary/aromatic N) is 3. The van der Waals surface area contributed by atoms with Gasteiger partial charge in [0.15, 0.2) is 0 Å². The first-order chi connectivity index (χ1) is 10.6. The summed E-state index contributed by atoms with van der Waals surface area (Å²) in [5, 5.41) is 6.54. The van der Waals surface area contributed by atoms with E-state index in [4.69, 9.17) is 4.52 Å². The third-order valence-electron chi connectivity index (χ3n) is 3.54. The summed E-state index contributed by atoms with van der Waals surface area (Å²) in [6.07, 6.45) is 0.819. The number of hydrogen-bond donors (Lipinski definition) is 1. The molecule has 0 radical (unpaired) electrons. The third-order valence-corrected chi connectivity index (χ3v) is 3.54. The number of nitrogens with one attached hydrogen (secondary N) is 1. The normalized spacial score (nSPS) is 11.0. The van der Waals surface area contributed by atoms with Crippen molar-refractivity contribution in [2.75, 3.05) is 6.54 Å². The minimum atomic E-state index is -0.229. The van der Waals surface area contributed by atoms with E-state index in [-0.39, 0.29) is 11.7 Å². The number of rotatable bonds is 5. The fourth-order valence-corrected chi connectivity index (χ4v) is 2.48. The summed E-state index contributed by atoms with van der Waals surface area (Å²) in [7, 11) is 0. The van der Waals surface area contributed by atoms with Crippen LogP contribution in [0.5, 0.6) is 0 Å². The second kappa shape index (κ2) is 6.01. The molecule has 0 aliphatic rings. The molecule has 0 spiro atoms. The van der Waals surface area contributed by atoms with E-state index in [0.29, 0.717) is 12.2 Å². The van der Waals surface area contributed by atoms with Crippen LogP contribution in [0.25, 0.3) is 11.0 Å². The Hall–Kier alpha value is -2.63. The van der Waals surface area contributed by atoms with Crippen LogP contribution in [0.4, 0.5) is 0 Å². The Kier molecular flexibility index (Phi) is 3.91. The number of para-hydroxylation sites is 2. The van der Waals surface area contributed by atoms with Crippen molar-refractivity contribution in [1.82, 2.24) is 20.0 Å². The largest absolute Gasteiger partial charge is 0.351 e. The molecule has 1 aromatic carbocycles. The molecule has 0 atom stereocenters. The Morgan fingerprint density at radius 1 is 1.32 bits per heavy atom. The number of amides is 1. The van der Waals surface area contributed by atoms with Gasteiger partial charge in [-0.15, -0.1) is 0 Å². The molecule has 6 nitrogen and oxygen atoms in total. The van der Waals surface area contributed by atoms with Crippen LogP contribution in [0.15, 0.2) is 34.9 Å². The van der Waals surface area contributed by atoms with Gasteiger partial charge >= 0.3 is 0 Å². The lowest BCUT2D eigenvalue weighted by atomic mass is 10.3. The average Bonchev–Trinajstić information content (AvgIpc) is 3.07. The zero-order chi connectivity index (χ0) is 15.5. The van der Waals surface area contributed by atoms with Crippen molar-refractivity contribution in [2.45, 2.75) is 26.8 Å². The lowest BCUT2D eigenvalue weighted by Crippen LogP contribution is -2.25. The molecule has 3 aromatic rings. The van der Waals surface area contributed by atoms with Crippen molar-refractivity contribution < 1.29 is 9.32 Å². The molecule has 0 bridgehead atoms. The maximum Gasteiger partial charge on any atom is 0.289 e. The highest BCUT2D eigenvalue weighted by atomic mass is 16.5. The van der Waals surface area contributed by atoms with E-state index in [1.54, 1.807) is 13.0 Å². The monoisotopic (exact) mass is 298 g/mol. The lowest BCUT2D eigenvalue weighted by molar-refractivity contribution is 0.0916. The lowest BCUT2D eigenvalue weighted by Gasteiger charge is -2.07. The molecule has 1 N–H and O–H groups in total. The van der Waals surface area contributed by atoms with Crippen LogP contribution >= 0.6 is 0 Å². The van der Waals surface area contributed by atoms with Gasteiger partial charge in [-0.3, -0.25) is 4.79 Å². The Balaban J connectivity index is 1.56. The van der Waals surface area contributed by atoms with Crippen LogP contribution in [-0.4, -0.2) is 27.2 Å². The predicted octanol–water partition coefficient (Wildman–Crippen LogP) is 2.46. The van der Waals surface area contributed by atoms with Crippen molar-refractivity contribution in [3.05, 3.63) is 47.6 Å². The first-order valence-corrected chi connectivity index (χ1v) is 7.28. The van der Waals surface area contributed by atoms with E-state index in [1.165, 1.54) is 0 Å². The van der Waals surface area contributed by atoms with Crippen LogP contribution in [0.1, 0.15) is 28.5 Å². The van der Waals surface area contributed by atoms with Crippen LogP contribution in [-0.2, 0) is 6.54 Å². The van der Waals surface area contributed by atoms with Gasteiger partial charge in [0, 0.05) is 19.2 Å². The number of carbonyl (C=O) groups is 1. The number of hydrogen-bond acceptors (Lipinski definition) is 4. The summed E-state index contributed by atoms with van der Waals surface area (Å²) < 4.78 is 7.10. The predicted molar refractivity (Wildman–Crippen MR) is 82.7 cm³/mol. The summed E-state index contributed by atoms with van der Waals surface area (Å²) >= 11 is 0. The molecule has 3 rings (SSSR count). The molecule has 0 fully saturated rings. The van der Waals surface area contributed by atoms with Crippen molar-refractivity contribution in [3.8, 4) is 0 Å². The first-order valence-electron chi connectivity index (χ1n) is 7.28. The molecule has 6 heteroatoms. The molecular formula is C16H18N4O2. The highest BCUT2D eigenvalue weighted by Crippen LogP contribution is 2.15. The summed E-state index contributed by atoms with van der Waals surface area (Å²) in [5.41, 5.74) is 2.82. The third kappa shape index (κ3) is 2.86. The van der Waals surface area contributed by atoms with Gasteiger partial charge in [0.2, 0.25) is 5.76 Å². The van der Waals surface area contributed by atoms with Gasteiger partial charge in [-0.25, -0.2) is 4.98 Å². The molecule has 0 saturated carbocycles. The summed E-state index contributed by atoms with van der Waals surface area (Å²) in [6.45, 7) is 5.16. The minimum Gasteiger partial charge on any atom is -0.351 e. The topological polar surface area (TPSA) is 73.0 Å². The highest BCUT2D eigenvalue weighted by molar-refractivity contribution is 5.91. The highest BCUT2D eigenvalue weighted by Gasteiger charge is 2.11. The summed E-state index contributed by atoms with van der Waals surface area (Å²) in [5.74, 6) is 1.01. The number of fused-ring (bicyclic) bond motifs is 1. The van der Waals surface area contributed by atoms with Crippen molar-refractivity contribution in [3.63, 3.8) is 0 Å². The second-order valence-electron chi connectivity index (χ2n) is 5.24. The Morgan fingerprint density at radius 2 is 2.14 bits per heavy atom. The van der Waals surface area contributed by atoms with E-state index in [0.717, 1.165) is 29.8 Å². The van der Waals surface area contributed by atoms with Gasteiger partial charge in [0.05, 0.1) is 16.7 Å². The van der Waals surface area contributed by atoms with Crippen molar-refractivity contribution in [2.24, 2.45) is 0 Å². The van der Waals surface area contributed by atoms with E-state index in [9.17, 15) is 4.79 Å². The Bertz CT molecular complexity index is 803. The summed E-state index contributed by atoms with van der Waals surface area (Å²) in [4.78, 5) is 16.4. The fourth-order valence-electron chi connectivity index (χ4n) is 2.48. The van der Waals surface area contributed by atoms with Crippen LogP contribution in [0.3, 0.4) is 0 Å². The number of imidazole rings is 1. The SMILES string of the molecule is Cc1cc(C(=O)NCCCn2c(C)nc3ccccc32)on1. The molecule has 114 valence electrons. The Morgan fingerprint density at radius 3 is 2.91 bits per heavy atom. The minimum absolute atomic E-state index is 0.229. The maximum absolute atomic E-state index is 11.8. The molecule has 1 amide bonds. The number of aryl methyl sites for hydroxylation is 3. The van der Waals surface area contributed by atoms with E-state index < -0.39 is 0 Å². The molecule has 0 aliphatic carbocycles. The fraction of sp³-hybridized carbons (Fsp3) is 0.312. The summed E-state index contributed by atoms with van der Waals surface area (Å²) in [6, 6.07) is 9.69. The average molecular weight is 298 g/mol. The molecule has 0 unspecified atom stereocenters. The standard InChI is InChI=1S/C16H18N4O2/c1-11-10-15(22-19-11)16(21)17-8-5-9-20-12(2)18-13-6-3-4-7-14(13)20/h3-4,6-7,10H,5,8-9H2,1-2H3,(H,17,21). The number of benzene rings is 1. The van der Waals surface area contributed by atoms with Crippen LogP contribution < -0.4 is 5.32 Å². The second-order valence-corrected chi connectivity index (χ2v) is 5.24. The van der Waals surface area contributed by atoms with Gasteiger partial charge < -0.3 is 14.4 Å². The molecular weight excluding hydrogens is 280 g/mol. The van der Waals surface area contributed by atoms with E-state index >= 15 is 0 Å². The van der Waals surface area contributed by atoms with E-state index in [2.05, 4.69) is 26.1 Å². The quantitative estimate of drug-likeness (QED) is 0.734. The van der Waals surface area contributed by atoms with Gasteiger partial charge in [-0.2, -0.15) is 0 Å². The number of carbonyl (C=O) groups excluding carboxylic acids is 1. The van der Waals surface area contributed by atoms with Crippen molar-refractivity contribution in [1.29, 1.82) is 0 Å². The van der Waals surface area contributed by atoms with Gasteiger partial charge in [-0.05, 0) is 32.4 Å². The smallest absolute Gasteiger partial charge is 0.289 e. The van der Waals surface area contributed by atoms with Gasteiger partial charge in [-0.1, -0.05) is 17.3 Å². The maximum atomic E-state index is 11.8. The molecule has 0 aliphatic heterocycles. The number of aromatic nitrogens is 3.